The Bertz CT molecular complexity index is 1480. The number of piperidine rings is 1. The number of amides is 1. The maximum absolute atomic E-state index is 13.5. The molecule has 2 aromatic heterocycles. The van der Waals surface area contributed by atoms with Crippen molar-refractivity contribution in [1.29, 1.82) is 5.26 Å². The highest BCUT2D eigenvalue weighted by Crippen LogP contribution is 2.31. The number of hydrogen-bond donors (Lipinski definition) is 1. The topological polar surface area (TPSA) is 109 Å². The third-order valence-corrected chi connectivity index (χ3v) is 7.80. The Morgan fingerprint density at radius 2 is 1.86 bits per heavy atom. The van der Waals surface area contributed by atoms with Crippen molar-refractivity contribution >= 4 is 28.1 Å². The van der Waals surface area contributed by atoms with Gasteiger partial charge >= 0.3 is 0 Å². The molecule has 0 aliphatic carbocycles. The zero-order valence-electron chi connectivity index (χ0n) is 20.5. The van der Waals surface area contributed by atoms with E-state index in [4.69, 9.17) is 10.2 Å². The van der Waals surface area contributed by atoms with Gasteiger partial charge in [-0.05, 0) is 67.5 Å². The standard InChI is InChI=1S/C28H27N5O2S/c1-17-12-18(2)23(13-22(17)27-31-24-14-26(36(3)35)30-16-25(24)32-27)28(34)33-10-8-21(9-11-33)20-6-4-19(15-29)5-7-20/h4-7,12-14,16,21H,8-11H2,1-3H3,(H,31,32). The van der Waals surface area contributed by atoms with Gasteiger partial charge in [-0.3, -0.25) is 4.79 Å². The number of H-pyrrole nitrogens is 1. The van der Waals surface area contributed by atoms with Gasteiger partial charge in [0.15, 0.2) is 0 Å². The average Bonchev–Trinajstić information content (AvgIpc) is 3.31. The molecule has 1 aliphatic heterocycles. The summed E-state index contributed by atoms with van der Waals surface area (Å²) in [7, 11) is 0. The molecule has 0 bridgehead atoms. The number of aryl methyl sites for hydroxylation is 2. The van der Waals surface area contributed by atoms with Gasteiger partial charge in [0.25, 0.3) is 5.91 Å². The number of nitrogens with zero attached hydrogens (tertiary/aromatic N) is 4. The molecule has 1 fully saturated rings. The predicted molar refractivity (Wildman–Crippen MR) is 140 cm³/mol. The second-order valence-electron chi connectivity index (χ2n) is 9.36. The van der Waals surface area contributed by atoms with E-state index in [1.807, 2.05) is 55.1 Å². The van der Waals surface area contributed by atoms with Crippen molar-refractivity contribution in [2.75, 3.05) is 19.3 Å². The highest BCUT2D eigenvalue weighted by atomic mass is 32.2. The van der Waals surface area contributed by atoms with Crippen LogP contribution >= 0.6 is 0 Å². The van der Waals surface area contributed by atoms with E-state index in [0.717, 1.165) is 35.0 Å². The lowest BCUT2D eigenvalue weighted by Gasteiger charge is -2.32. The van der Waals surface area contributed by atoms with Crippen molar-refractivity contribution in [3.05, 3.63) is 76.5 Å². The first kappa shape index (κ1) is 24.0. The van der Waals surface area contributed by atoms with E-state index in [9.17, 15) is 9.35 Å². The lowest BCUT2D eigenvalue weighted by Crippen LogP contribution is -2.38. The fraction of sp³-hybridized carbons (Fsp3) is 0.286. The maximum atomic E-state index is 13.5. The van der Waals surface area contributed by atoms with Crippen LogP contribution in [0.1, 0.15) is 51.4 Å². The number of nitriles is 1. The van der Waals surface area contributed by atoms with Crippen LogP contribution in [-0.4, -0.2) is 49.7 Å². The molecule has 2 aromatic carbocycles. The van der Waals surface area contributed by atoms with Gasteiger partial charge in [-0.25, -0.2) is 9.97 Å². The second kappa shape index (κ2) is 9.76. The van der Waals surface area contributed by atoms with Crippen LogP contribution in [0.3, 0.4) is 0 Å². The third-order valence-electron chi connectivity index (χ3n) is 6.99. The van der Waals surface area contributed by atoms with Gasteiger partial charge in [-0.15, -0.1) is 0 Å². The predicted octanol–water partition coefficient (Wildman–Crippen LogP) is 4.87. The Morgan fingerprint density at radius 1 is 1.14 bits per heavy atom. The van der Waals surface area contributed by atoms with Crippen LogP contribution in [0.15, 0.2) is 53.7 Å². The number of imidazole rings is 1. The zero-order chi connectivity index (χ0) is 25.4. The summed E-state index contributed by atoms with van der Waals surface area (Å²) < 4.78 is 11.8. The zero-order valence-corrected chi connectivity index (χ0v) is 21.4. The van der Waals surface area contributed by atoms with Gasteiger partial charge in [0, 0.05) is 41.5 Å². The van der Waals surface area contributed by atoms with E-state index in [0.29, 0.717) is 46.5 Å². The normalized spacial score (nSPS) is 15.1. The van der Waals surface area contributed by atoms with Gasteiger partial charge in [0.1, 0.15) is 12.1 Å². The molecular weight excluding hydrogens is 470 g/mol. The maximum Gasteiger partial charge on any atom is 0.254 e. The van der Waals surface area contributed by atoms with Crippen LogP contribution in [-0.2, 0) is 11.2 Å². The molecule has 0 saturated carbocycles. The molecule has 1 aliphatic rings. The number of aromatic nitrogens is 3. The van der Waals surface area contributed by atoms with Crippen molar-refractivity contribution in [2.45, 2.75) is 37.6 Å². The molecule has 1 unspecified atom stereocenters. The Morgan fingerprint density at radius 3 is 2.53 bits per heavy atom. The van der Waals surface area contributed by atoms with E-state index in [1.165, 1.54) is 5.56 Å². The average molecular weight is 498 g/mol. The molecule has 7 nitrogen and oxygen atoms in total. The highest BCUT2D eigenvalue weighted by Gasteiger charge is 2.26. The van der Waals surface area contributed by atoms with Crippen molar-refractivity contribution in [2.24, 2.45) is 0 Å². The summed E-state index contributed by atoms with van der Waals surface area (Å²) >= 11 is -1.19. The first-order chi connectivity index (χ1) is 17.3. The summed E-state index contributed by atoms with van der Waals surface area (Å²) in [6.45, 7) is 5.37. The summed E-state index contributed by atoms with van der Waals surface area (Å²) in [5.41, 5.74) is 6.86. The summed E-state index contributed by atoms with van der Waals surface area (Å²) in [6, 6.07) is 15.6. The molecule has 3 heterocycles. The minimum atomic E-state index is -1.19. The summed E-state index contributed by atoms with van der Waals surface area (Å²) in [5.74, 6) is 1.09. The quantitative estimate of drug-likeness (QED) is 0.405. The fourth-order valence-corrected chi connectivity index (χ4v) is 5.41. The highest BCUT2D eigenvalue weighted by molar-refractivity contribution is 7.90. The Hall–Kier alpha value is -3.67. The van der Waals surface area contributed by atoms with Crippen LogP contribution in [0.2, 0.25) is 0 Å². The number of nitrogens with one attached hydrogen (secondary N) is 1. The van der Waals surface area contributed by atoms with Crippen LogP contribution in [0, 0.1) is 25.2 Å². The van der Waals surface area contributed by atoms with Gasteiger partial charge in [-0.1, -0.05) is 18.2 Å². The van der Waals surface area contributed by atoms with Gasteiger partial charge in [0.2, 0.25) is 5.03 Å². The lowest BCUT2D eigenvalue weighted by molar-refractivity contribution is 0.0712. The minimum absolute atomic E-state index is 0.0356. The number of carbonyl (C=O) groups is 1. The molecule has 1 saturated heterocycles. The number of rotatable bonds is 4. The fourth-order valence-electron chi connectivity index (χ4n) is 4.93. The number of hydrogen-bond acceptors (Lipinski definition) is 5. The smallest absolute Gasteiger partial charge is 0.254 e. The van der Waals surface area contributed by atoms with Crippen LogP contribution < -0.4 is 0 Å². The van der Waals surface area contributed by atoms with E-state index in [1.54, 1.807) is 18.5 Å². The van der Waals surface area contributed by atoms with Gasteiger partial charge in [0.05, 0.1) is 28.9 Å². The second-order valence-corrected chi connectivity index (χ2v) is 10.7. The van der Waals surface area contributed by atoms with Crippen molar-refractivity contribution in [1.82, 2.24) is 19.9 Å². The number of pyridine rings is 1. The Kier molecular flexibility index (Phi) is 6.52. The Balaban J connectivity index is 1.37. The van der Waals surface area contributed by atoms with Crippen LogP contribution in [0.25, 0.3) is 22.4 Å². The molecule has 36 heavy (non-hydrogen) atoms. The number of fused-ring (bicyclic) bond motifs is 1. The minimum Gasteiger partial charge on any atom is -0.610 e. The number of likely N-dealkylation sites (tertiary alicyclic amines) is 1. The first-order valence-electron chi connectivity index (χ1n) is 11.9. The molecule has 4 aromatic rings. The first-order valence-corrected chi connectivity index (χ1v) is 13.5. The molecule has 182 valence electrons. The Labute approximate surface area is 213 Å². The van der Waals surface area contributed by atoms with Crippen molar-refractivity contribution in [3.8, 4) is 17.5 Å². The number of carbonyl (C=O) groups excluding carboxylic acids is 1. The summed E-state index contributed by atoms with van der Waals surface area (Å²) in [5, 5.41) is 9.52. The van der Waals surface area contributed by atoms with E-state index in [-0.39, 0.29) is 5.91 Å². The van der Waals surface area contributed by atoms with Crippen LogP contribution in [0.5, 0.6) is 0 Å². The molecule has 5 rings (SSSR count). The van der Waals surface area contributed by atoms with E-state index in [2.05, 4.69) is 16.0 Å². The molecule has 0 radical (unpaired) electrons. The summed E-state index contributed by atoms with van der Waals surface area (Å²) in [6.07, 6.45) is 5.04. The molecule has 8 heteroatoms. The van der Waals surface area contributed by atoms with Gasteiger partial charge < -0.3 is 14.4 Å². The monoisotopic (exact) mass is 497 g/mol. The molecule has 1 N–H and O–H groups in total. The molecular formula is C28H27N5O2S. The van der Waals surface area contributed by atoms with Crippen molar-refractivity contribution < 1.29 is 9.35 Å². The van der Waals surface area contributed by atoms with E-state index >= 15 is 0 Å². The number of aromatic amines is 1. The molecule has 1 amide bonds. The van der Waals surface area contributed by atoms with Gasteiger partial charge in [-0.2, -0.15) is 5.26 Å². The SMILES string of the molecule is Cc1cc(C)c(-c2nc3cc([S+](C)[O-])ncc3[nH]2)cc1C(=O)N1CCC(c2ccc(C#N)cc2)CC1. The summed E-state index contributed by atoms with van der Waals surface area (Å²) in [4.78, 5) is 27.7. The third kappa shape index (κ3) is 4.60. The van der Waals surface area contributed by atoms with E-state index < -0.39 is 11.2 Å². The largest absolute Gasteiger partial charge is 0.610 e. The number of benzene rings is 2. The lowest BCUT2D eigenvalue weighted by atomic mass is 9.88. The molecule has 1 atom stereocenters. The van der Waals surface area contributed by atoms with Crippen LogP contribution in [0.4, 0.5) is 0 Å². The van der Waals surface area contributed by atoms with Crippen molar-refractivity contribution in [3.63, 3.8) is 0 Å². The molecule has 0 spiro atoms.